The first-order chi connectivity index (χ1) is 10.6. The van der Waals surface area contributed by atoms with E-state index in [-0.39, 0.29) is 11.5 Å². The number of hydrazone groups is 1. The Hall–Kier alpha value is -2.63. The van der Waals surface area contributed by atoms with Gasteiger partial charge in [-0.05, 0) is 42.3 Å². The van der Waals surface area contributed by atoms with Gasteiger partial charge in [-0.3, -0.25) is 5.43 Å². The fourth-order valence-electron chi connectivity index (χ4n) is 1.84. The van der Waals surface area contributed by atoms with Crippen LogP contribution in [0.2, 0.25) is 0 Å². The Morgan fingerprint density at radius 3 is 2.59 bits per heavy atom. The number of rotatable bonds is 6. The van der Waals surface area contributed by atoms with Crippen LogP contribution in [0.15, 0.2) is 47.6 Å². The van der Waals surface area contributed by atoms with Gasteiger partial charge in [0.05, 0.1) is 19.0 Å². The topological polar surface area (TPSA) is 42.8 Å². The summed E-state index contributed by atoms with van der Waals surface area (Å²) in [4.78, 5) is 0. The van der Waals surface area contributed by atoms with Gasteiger partial charge in [-0.15, -0.1) is 0 Å². The molecule has 0 saturated heterocycles. The van der Waals surface area contributed by atoms with Gasteiger partial charge in [0.1, 0.15) is 0 Å². The first-order valence-electron chi connectivity index (χ1n) is 6.57. The standard InChI is InChI=1S/C16H16F2N2O2/c1-11-5-3-4-6-13(11)20-19-10-12-7-8-14(21-2)15(9-12)22-16(17)18/h3-10,16,20H,1-2H3/b19-10-. The summed E-state index contributed by atoms with van der Waals surface area (Å²) >= 11 is 0. The number of benzene rings is 2. The number of nitrogens with zero attached hydrogens (tertiary/aromatic N) is 1. The van der Waals surface area contributed by atoms with E-state index in [4.69, 9.17) is 4.74 Å². The summed E-state index contributed by atoms with van der Waals surface area (Å²) in [5, 5.41) is 4.09. The zero-order valence-corrected chi connectivity index (χ0v) is 12.2. The quantitative estimate of drug-likeness (QED) is 0.646. The molecule has 6 heteroatoms. The summed E-state index contributed by atoms with van der Waals surface area (Å²) in [5.74, 6) is 0.210. The molecule has 0 aliphatic rings. The van der Waals surface area contributed by atoms with E-state index >= 15 is 0 Å². The molecule has 0 saturated carbocycles. The Morgan fingerprint density at radius 1 is 1.14 bits per heavy atom. The molecule has 0 radical (unpaired) electrons. The maximum Gasteiger partial charge on any atom is 0.387 e. The van der Waals surface area contributed by atoms with Gasteiger partial charge in [-0.2, -0.15) is 13.9 Å². The monoisotopic (exact) mass is 306 g/mol. The molecule has 116 valence electrons. The highest BCUT2D eigenvalue weighted by Gasteiger charge is 2.10. The van der Waals surface area contributed by atoms with Crippen molar-refractivity contribution in [1.29, 1.82) is 0 Å². The number of methoxy groups -OCH3 is 1. The number of hydrogen-bond acceptors (Lipinski definition) is 4. The van der Waals surface area contributed by atoms with Gasteiger partial charge in [-0.25, -0.2) is 0 Å². The number of ether oxygens (including phenoxy) is 2. The highest BCUT2D eigenvalue weighted by Crippen LogP contribution is 2.29. The number of hydrogen-bond donors (Lipinski definition) is 1. The van der Waals surface area contributed by atoms with Gasteiger partial charge in [0.2, 0.25) is 0 Å². The first-order valence-corrected chi connectivity index (χ1v) is 6.57. The molecule has 0 heterocycles. The van der Waals surface area contributed by atoms with Gasteiger partial charge in [0.15, 0.2) is 11.5 Å². The Bertz CT molecular complexity index is 660. The molecule has 0 bridgehead atoms. The molecule has 4 nitrogen and oxygen atoms in total. The molecule has 0 atom stereocenters. The van der Waals surface area contributed by atoms with Gasteiger partial charge < -0.3 is 9.47 Å². The van der Waals surface area contributed by atoms with Crippen LogP contribution in [-0.4, -0.2) is 19.9 Å². The molecule has 0 amide bonds. The van der Waals surface area contributed by atoms with Crippen LogP contribution in [0.4, 0.5) is 14.5 Å². The van der Waals surface area contributed by atoms with E-state index in [0.29, 0.717) is 5.56 Å². The number of halogens is 2. The summed E-state index contributed by atoms with van der Waals surface area (Å²) in [6.07, 6.45) is 1.52. The summed E-state index contributed by atoms with van der Waals surface area (Å²) in [5.41, 5.74) is 5.43. The zero-order valence-electron chi connectivity index (χ0n) is 12.2. The minimum absolute atomic E-state index is 0.0302. The van der Waals surface area contributed by atoms with Gasteiger partial charge in [-0.1, -0.05) is 18.2 Å². The lowest BCUT2D eigenvalue weighted by molar-refractivity contribution is -0.0512. The first kappa shape index (κ1) is 15.8. The van der Waals surface area contributed by atoms with Crippen molar-refractivity contribution in [2.75, 3.05) is 12.5 Å². The third-order valence-corrected chi connectivity index (χ3v) is 2.95. The van der Waals surface area contributed by atoms with E-state index in [0.717, 1.165) is 11.3 Å². The van der Waals surface area contributed by atoms with Crippen LogP contribution in [0.3, 0.4) is 0 Å². The zero-order chi connectivity index (χ0) is 15.9. The third kappa shape index (κ3) is 4.18. The normalized spacial score (nSPS) is 11.0. The lowest BCUT2D eigenvalue weighted by Gasteiger charge is -2.10. The van der Waals surface area contributed by atoms with E-state index in [1.807, 2.05) is 31.2 Å². The van der Waals surface area contributed by atoms with Crippen molar-refractivity contribution in [3.63, 3.8) is 0 Å². The number of para-hydroxylation sites is 1. The van der Waals surface area contributed by atoms with Crippen molar-refractivity contribution in [2.24, 2.45) is 5.10 Å². The predicted octanol–water partition coefficient (Wildman–Crippen LogP) is 4.05. The molecule has 22 heavy (non-hydrogen) atoms. The summed E-state index contributed by atoms with van der Waals surface area (Å²) < 4.78 is 34.1. The van der Waals surface area contributed by atoms with E-state index in [1.165, 1.54) is 19.4 Å². The van der Waals surface area contributed by atoms with Crippen molar-refractivity contribution in [1.82, 2.24) is 0 Å². The second-order valence-electron chi connectivity index (χ2n) is 4.47. The maximum absolute atomic E-state index is 12.4. The second kappa shape index (κ2) is 7.40. The Kier molecular flexibility index (Phi) is 5.30. The highest BCUT2D eigenvalue weighted by atomic mass is 19.3. The maximum atomic E-state index is 12.4. The average Bonchev–Trinajstić information content (AvgIpc) is 2.49. The van der Waals surface area contributed by atoms with Crippen LogP contribution < -0.4 is 14.9 Å². The summed E-state index contributed by atoms with van der Waals surface area (Å²) in [7, 11) is 1.39. The Labute approximate surface area is 127 Å². The minimum Gasteiger partial charge on any atom is -0.493 e. The molecule has 0 aromatic heterocycles. The number of nitrogens with one attached hydrogen (secondary N) is 1. The van der Waals surface area contributed by atoms with Gasteiger partial charge in [0, 0.05) is 0 Å². The lowest BCUT2D eigenvalue weighted by atomic mass is 10.2. The van der Waals surface area contributed by atoms with Crippen molar-refractivity contribution in [3.8, 4) is 11.5 Å². The van der Waals surface area contributed by atoms with Crippen molar-refractivity contribution in [2.45, 2.75) is 13.5 Å². The molecule has 1 N–H and O–H groups in total. The van der Waals surface area contributed by atoms with Crippen molar-refractivity contribution >= 4 is 11.9 Å². The molecule has 2 rings (SSSR count). The molecular formula is C16H16F2N2O2. The van der Waals surface area contributed by atoms with Gasteiger partial charge >= 0.3 is 6.61 Å². The fraction of sp³-hybridized carbons (Fsp3) is 0.188. The smallest absolute Gasteiger partial charge is 0.387 e. The second-order valence-corrected chi connectivity index (χ2v) is 4.47. The van der Waals surface area contributed by atoms with Gasteiger partial charge in [0.25, 0.3) is 0 Å². The van der Waals surface area contributed by atoms with Crippen LogP contribution in [-0.2, 0) is 0 Å². The number of alkyl halides is 2. The SMILES string of the molecule is COc1ccc(/C=N\Nc2ccccc2C)cc1OC(F)F. The Morgan fingerprint density at radius 2 is 1.91 bits per heavy atom. The van der Waals surface area contributed by atoms with E-state index < -0.39 is 6.61 Å². The van der Waals surface area contributed by atoms with Crippen LogP contribution >= 0.6 is 0 Å². The fourth-order valence-corrected chi connectivity index (χ4v) is 1.84. The minimum atomic E-state index is -2.91. The molecule has 2 aromatic rings. The third-order valence-electron chi connectivity index (χ3n) is 2.95. The van der Waals surface area contributed by atoms with Crippen LogP contribution in [0.1, 0.15) is 11.1 Å². The summed E-state index contributed by atoms with van der Waals surface area (Å²) in [6.45, 7) is -0.953. The lowest BCUT2D eigenvalue weighted by Crippen LogP contribution is -2.04. The summed E-state index contributed by atoms with van der Waals surface area (Å²) in [6, 6.07) is 12.4. The molecule has 0 aliphatic heterocycles. The van der Waals surface area contributed by atoms with E-state index in [2.05, 4.69) is 15.3 Å². The molecule has 0 aliphatic carbocycles. The largest absolute Gasteiger partial charge is 0.493 e. The average molecular weight is 306 g/mol. The van der Waals surface area contributed by atoms with Crippen LogP contribution in [0.5, 0.6) is 11.5 Å². The van der Waals surface area contributed by atoms with Crippen LogP contribution in [0.25, 0.3) is 0 Å². The van der Waals surface area contributed by atoms with E-state index in [1.54, 1.807) is 12.1 Å². The van der Waals surface area contributed by atoms with Crippen molar-refractivity contribution < 1.29 is 18.3 Å². The van der Waals surface area contributed by atoms with Crippen LogP contribution in [0, 0.1) is 6.92 Å². The Balaban J connectivity index is 2.12. The molecule has 2 aromatic carbocycles. The molecule has 0 unspecified atom stereocenters. The molecule has 0 fully saturated rings. The predicted molar refractivity (Wildman–Crippen MR) is 82.0 cm³/mol. The molecule has 0 spiro atoms. The number of aryl methyl sites for hydroxylation is 1. The number of anilines is 1. The van der Waals surface area contributed by atoms with E-state index in [9.17, 15) is 8.78 Å². The van der Waals surface area contributed by atoms with Crippen molar-refractivity contribution in [3.05, 3.63) is 53.6 Å². The highest BCUT2D eigenvalue weighted by molar-refractivity contribution is 5.81. The molecular weight excluding hydrogens is 290 g/mol.